The Labute approximate surface area is 128 Å². The SMILES string of the molecule is NCc1ccc(N2CCC(c3ccccc3)C2)c(Br)c1. The number of benzene rings is 2. The largest absolute Gasteiger partial charge is 0.370 e. The first-order valence-electron chi connectivity index (χ1n) is 7.06. The predicted octanol–water partition coefficient (Wildman–Crippen LogP) is 3.90. The fraction of sp³-hybridized carbons (Fsp3) is 0.294. The smallest absolute Gasteiger partial charge is 0.0511 e. The summed E-state index contributed by atoms with van der Waals surface area (Å²) in [4.78, 5) is 2.46. The lowest BCUT2D eigenvalue weighted by Crippen LogP contribution is -2.19. The molecule has 2 aromatic rings. The summed E-state index contributed by atoms with van der Waals surface area (Å²) < 4.78 is 1.15. The van der Waals surface area contributed by atoms with Gasteiger partial charge in [0, 0.05) is 30.0 Å². The van der Waals surface area contributed by atoms with Crippen molar-refractivity contribution < 1.29 is 0 Å². The van der Waals surface area contributed by atoms with Crippen LogP contribution in [0.5, 0.6) is 0 Å². The Morgan fingerprint density at radius 2 is 1.95 bits per heavy atom. The molecule has 1 atom stereocenters. The van der Waals surface area contributed by atoms with Gasteiger partial charge in [-0.2, -0.15) is 0 Å². The van der Waals surface area contributed by atoms with E-state index in [1.165, 1.54) is 23.2 Å². The molecule has 1 heterocycles. The maximum atomic E-state index is 5.69. The van der Waals surface area contributed by atoms with Crippen LogP contribution in [0.15, 0.2) is 53.0 Å². The third-order valence-corrected chi connectivity index (χ3v) is 4.68. The van der Waals surface area contributed by atoms with E-state index in [-0.39, 0.29) is 0 Å². The van der Waals surface area contributed by atoms with E-state index in [0.717, 1.165) is 17.6 Å². The van der Waals surface area contributed by atoms with Crippen molar-refractivity contribution in [1.82, 2.24) is 0 Å². The van der Waals surface area contributed by atoms with E-state index in [2.05, 4.69) is 69.4 Å². The zero-order chi connectivity index (χ0) is 13.9. The monoisotopic (exact) mass is 330 g/mol. The first-order chi connectivity index (χ1) is 9.78. The van der Waals surface area contributed by atoms with E-state index >= 15 is 0 Å². The lowest BCUT2D eigenvalue weighted by Gasteiger charge is -2.21. The van der Waals surface area contributed by atoms with Gasteiger partial charge in [0.1, 0.15) is 0 Å². The number of anilines is 1. The molecule has 0 aliphatic carbocycles. The summed E-state index contributed by atoms with van der Waals surface area (Å²) in [5.74, 6) is 0.636. The summed E-state index contributed by atoms with van der Waals surface area (Å²) in [5, 5.41) is 0. The second-order valence-electron chi connectivity index (χ2n) is 5.33. The molecule has 0 bridgehead atoms. The molecule has 0 radical (unpaired) electrons. The molecule has 2 N–H and O–H groups in total. The first-order valence-corrected chi connectivity index (χ1v) is 7.85. The van der Waals surface area contributed by atoms with Crippen LogP contribution >= 0.6 is 15.9 Å². The number of hydrogen-bond acceptors (Lipinski definition) is 2. The molecule has 0 aromatic heterocycles. The fourth-order valence-corrected chi connectivity index (χ4v) is 3.59. The Bertz CT molecular complexity index is 583. The van der Waals surface area contributed by atoms with Gasteiger partial charge in [-0.15, -0.1) is 0 Å². The van der Waals surface area contributed by atoms with Gasteiger partial charge < -0.3 is 10.6 Å². The summed E-state index contributed by atoms with van der Waals surface area (Å²) >= 11 is 3.68. The summed E-state index contributed by atoms with van der Waals surface area (Å²) in [7, 11) is 0. The molecule has 104 valence electrons. The highest BCUT2D eigenvalue weighted by Gasteiger charge is 2.24. The lowest BCUT2D eigenvalue weighted by atomic mass is 9.99. The van der Waals surface area contributed by atoms with Crippen LogP contribution in [0.2, 0.25) is 0 Å². The molecule has 0 spiro atoms. The topological polar surface area (TPSA) is 29.3 Å². The molecule has 3 heteroatoms. The van der Waals surface area contributed by atoms with Gasteiger partial charge in [-0.1, -0.05) is 36.4 Å². The molecule has 1 unspecified atom stereocenters. The van der Waals surface area contributed by atoms with Crippen LogP contribution in [-0.2, 0) is 6.54 Å². The lowest BCUT2D eigenvalue weighted by molar-refractivity contribution is 0.775. The van der Waals surface area contributed by atoms with E-state index < -0.39 is 0 Å². The van der Waals surface area contributed by atoms with Crippen molar-refractivity contribution in [3.8, 4) is 0 Å². The van der Waals surface area contributed by atoms with E-state index in [1.807, 2.05) is 0 Å². The summed E-state index contributed by atoms with van der Waals surface area (Å²) in [6.07, 6.45) is 1.22. The maximum Gasteiger partial charge on any atom is 0.0511 e. The molecule has 2 aromatic carbocycles. The Balaban J connectivity index is 1.77. The van der Waals surface area contributed by atoms with Gasteiger partial charge in [0.05, 0.1) is 5.69 Å². The third-order valence-electron chi connectivity index (χ3n) is 4.05. The third kappa shape index (κ3) is 2.74. The van der Waals surface area contributed by atoms with Crippen molar-refractivity contribution in [2.45, 2.75) is 18.9 Å². The van der Waals surface area contributed by atoms with Gasteiger partial charge in [-0.3, -0.25) is 0 Å². The number of hydrogen-bond donors (Lipinski definition) is 1. The van der Waals surface area contributed by atoms with Crippen molar-refractivity contribution in [2.75, 3.05) is 18.0 Å². The summed E-state index contributed by atoms with van der Waals surface area (Å²) in [6, 6.07) is 17.2. The number of nitrogens with zero attached hydrogens (tertiary/aromatic N) is 1. The van der Waals surface area contributed by atoms with Gasteiger partial charge in [0.15, 0.2) is 0 Å². The molecule has 1 saturated heterocycles. The van der Waals surface area contributed by atoms with E-state index in [1.54, 1.807) is 0 Å². The van der Waals surface area contributed by atoms with Gasteiger partial charge >= 0.3 is 0 Å². The van der Waals surface area contributed by atoms with Crippen molar-refractivity contribution in [2.24, 2.45) is 5.73 Å². The number of nitrogens with two attached hydrogens (primary N) is 1. The molecule has 1 fully saturated rings. The van der Waals surface area contributed by atoms with Crippen LogP contribution in [-0.4, -0.2) is 13.1 Å². The minimum atomic E-state index is 0.589. The molecule has 1 aliphatic heterocycles. The molecule has 20 heavy (non-hydrogen) atoms. The average molecular weight is 331 g/mol. The molecule has 3 rings (SSSR count). The molecule has 0 saturated carbocycles. The van der Waals surface area contributed by atoms with Crippen LogP contribution in [0.25, 0.3) is 0 Å². The van der Waals surface area contributed by atoms with Gasteiger partial charge in [-0.05, 0) is 45.6 Å². The maximum absolute atomic E-state index is 5.69. The Hall–Kier alpha value is -1.32. The normalized spacial score (nSPS) is 18.5. The van der Waals surface area contributed by atoms with Crippen LogP contribution < -0.4 is 10.6 Å². The Morgan fingerprint density at radius 1 is 1.15 bits per heavy atom. The highest BCUT2D eigenvalue weighted by molar-refractivity contribution is 9.10. The standard InChI is InChI=1S/C17H19BrN2/c18-16-10-13(11-19)6-7-17(16)20-9-8-15(12-20)14-4-2-1-3-5-14/h1-7,10,15H,8-9,11-12,19H2. The first kappa shape index (κ1) is 13.7. The van der Waals surface area contributed by atoms with Gasteiger partial charge in [-0.25, -0.2) is 0 Å². The second-order valence-corrected chi connectivity index (χ2v) is 6.19. The second kappa shape index (κ2) is 5.98. The highest BCUT2D eigenvalue weighted by atomic mass is 79.9. The Morgan fingerprint density at radius 3 is 2.65 bits per heavy atom. The predicted molar refractivity (Wildman–Crippen MR) is 88.0 cm³/mol. The van der Waals surface area contributed by atoms with Crippen molar-refractivity contribution in [3.05, 3.63) is 64.1 Å². The summed E-state index contributed by atoms with van der Waals surface area (Å²) in [5.41, 5.74) is 9.58. The fourth-order valence-electron chi connectivity index (χ4n) is 2.91. The minimum absolute atomic E-state index is 0.589. The zero-order valence-electron chi connectivity index (χ0n) is 11.4. The molecule has 0 amide bonds. The average Bonchev–Trinajstić information content (AvgIpc) is 2.97. The van der Waals surface area contributed by atoms with Crippen LogP contribution in [0.1, 0.15) is 23.5 Å². The van der Waals surface area contributed by atoms with Crippen LogP contribution in [0.3, 0.4) is 0 Å². The van der Waals surface area contributed by atoms with Crippen LogP contribution in [0.4, 0.5) is 5.69 Å². The van der Waals surface area contributed by atoms with Gasteiger partial charge in [0.25, 0.3) is 0 Å². The summed E-state index contributed by atoms with van der Waals surface area (Å²) in [6.45, 7) is 2.79. The van der Waals surface area contributed by atoms with Crippen molar-refractivity contribution >= 4 is 21.6 Å². The van der Waals surface area contributed by atoms with Crippen molar-refractivity contribution in [3.63, 3.8) is 0 Å². The molecule has 1 aliphatic rings. The Kier molecular flexibility index (Phi) is 4.08. The minimum Gasteiger partial charge on any atom is -0.370 e. The molecular formula is C17H19BrN2. The van der Waals surface area contributed by atoms with Gasteiger partial charge in [0.2, 0.25) is 0 Å². The molecule has 2 nitrogen and oxygen atoms in total. The number of rotatable bonds is 3. The van der Waals surface area contributed by atoms with E-state index in [4.69, 9.17) is 5.73 Å². The number of halogens is 1. The zero-order valence-corrected chi connectivity index (χ0v) is 13.0. The van der Waals surface area contributed by atoms with E-state index in [0.29, 0.717) is 12.5 Å². The highest BCUT2D eigenvalue weighted by Crippen LogP contribution is 2.34. The quantitative estimate of drug-likeness (QED) is 0.924. The van der Waals surface area contributed by atoms with Crippen molar-refractivity contribution in [1.29, 1.82) is 0 Å². The van der Waals surface area contributed by atoms with Crippen LogP contribution in [0, 0.1) is 0 Å². The molecular weight excluding hydrogens is 312 g/mol. The van der Waals surface area contributed by atoms with E-state index in [9.17, 15) is 0 Å².